The fourth-order valence-corrected chi connectivity index (χ4v) is 4.02. The van der Waals surface area contributed by atoms with E-state index in [1.807, 2.05) is 7.05 Å². The maximum Gasteiger partial charge on any atom is 0.191 e. The number of hydrogen-bond donors (Lipinski definition) is 2. The van der Waals surface area contributed by atoms with Crippen molar-refractivity contribution in [3.05, 3.63) is 35.4 Å². The van der Waals surface area contributed by atoms with E-state index < -0.39 is 0 Å². The molecular formula is C22H38N6. The van der Waals surface area contributed by atoms with Gasteiger partial charge in [-0.05, 0) is 63.6 Å². The van der Waals surface area contributed by atoms with Gasteiger partial charge in [-0.15, -0.1) is 0 Å². The van der Waals surface area contributed by atoms with Crippen LogP contribution in [0.2, 0.25) is 0 Å². The number of benzene rings is 1. The van der Waals surface area contributed by atoms with Crippen LogP contribution in [0.5, 0.6) is 0 Å². The highest BCUT2D eigenvalue weighted by Gasteiger charge is 2.12. The van der Waals surface area contributed by atoms with Crippen molar-refractivity contribution in [2.75, 3.05) is 66.5 Å². The Bertz CT molecular complexity index is 594. The Morgan fingerprint density at radius 2 is 1.57 bits per heavy atom. The number of likely N-dealkylation sites (N-methyl/N-ethyl adjacent to an activating group) is 1. The van der Waals surface area contributed by atoms with Crippen LogP contribution in [0.3, 0.4) is 0 Å². The second-order valence-electron chi connectivity index (χ2n) is 8.15. The number of guanidine groups is 1. The predicted molar refractivity (Wildman–Crippen MR) is 118 cm³/mol. The lowest BCUT2D eigenvalue weighted by Crippen LogP contribution is -2.42. The Hall–Kier alpha value is -1.63. The second-order valence-corrected chi connectivity index (χ2v) is 8.15. The number of nitrogens with zero attached hydrogens (tertiary/aromatic N) is 4. The number of rotatable bonds is 7. The molecule has 156 valence electrons. The van der Waals surface area contributed by atoms with Gasteiger partial charge < -0.3 is 20.4 Å². The average Bonchev–Trinajstić information content (AvgIpc) is 3.13. The number of likely N-dealkylation sites (tertiary alicyclic amines) is 1. The van der Waals surface area contributed by atoms with Crippen molar-refractivity contribution in [3.8, 4) is 0 Å². The predicted octanol–water partition coefficient (Wildman–Crippen LogP) is 1.58. The maximum atomic E-state index is 4.36. The minimum absolute atomic E-state index is 0.804. The molecule has 6 nitrogen and oxygen atoms in total. The minimum Gasteiger partial charge on any atom is -0.355 e. The standard InChI is InChI=1S/C22H38N6/c1-23-22(24-10-15-27-14-5-11-26(2)16-17-27)25-18-20-6-8-21(9-7-20)19-28-12-3-4-13-28/h6-9H,3-5,10-19H2,1-2H3,(H2,23,24,25). The van der Waals surface area contributed by atoms with E-state index in [4.69, 9.17) is 0 Å². The number of hydrogen-bond acceptors (Lipinski definition) is 4. The van der Waals surface area contributed by atoms with Crippen molar-refractivity contribution in [2.45, 2.75) is 32.4 Å². The zero-order valence-corrected chi connectivity index (χ0v) is 17.8. The first-order valence-corrected chi connectivity index (χ1v) is 10.9. The summed E-state index contributed by atoms with van der Waals surface area (Å²) < 4.78 is 0. The van der Waals surface area contributed by atoms with Crippen molar-refractivity contribution in [2.24, 2.45) is 4.99 Å². The van der Waals surface area contributed by atoms with Crippen LogP contribution in [-0.4, -0.2) is 87.1 Å². The van der Waals surface area contributed by atoms with Crippen LogP contribution in [0.4, 0.5) is 0 Å². The summed E-state index contributed by atoms with van der Waals surface area (Å²) in [6.45, 7) is 11.1. The molecule has 0 unspecified atom stereocenters. The van der Waals surface area contributed by atoms with E-state index in [1.165, 1.54) is 63.1 Å². The third-order valence-corrected chi connectivity index (χ3v) is 5.84. The van der Waals surface area contributed by atoms with E-state index in [-0.39, 0.29) is 0 Å². The minimum atomic E-state index is 0.804. The molecule has 1 aromatic rings. The summed E-state index contributed by atoms with van der Waals surface area (Å²) in [5.74, 6) is 0.882. The van der Waals surface area contributed by atoms with Crippen LogP contribution in [0.1, 0.15) is 30.4 Å². The fraction of sp³-hybridized carbons (Fsp3) is 0.682. The lowest BCUT2D eigenvalue weighted by atomic mass is 10.1. The van der Waals surface area contributed by atoms with Crippen LogP contribution >= 0.6 is 0 Å². The summed E-state index contributed by atoms with van der Waals surface area (Å²) >= 11 is 0. The summed E-state index contributed by atoms with van der Waals surface area (Å²) in [4.78, 5) is 11.9. The van der Waals surface area contributed by atoms with Gasteiger partial charge in [0, 0.05) is 46.3 Å². The highest BCUT2D eigenvalue weighted by molar-refractivity contribution is 5.79. The van der Waals surface area contributed by atoms with E-state index in [2.05, 4.69) is 61.6 Å². The van der Waals surface area contributed by atoms with E-state index >= 15 is 0 Å². The largest absolute Gasteiger partial charge is 0.355 e. The first kappa shape index (κ1) is 21.1. The van der Waals surface area contributed by atoms with Crippen LogP contribution in [0, 0.1) is 0 Å². The molecular weight excluding hydrogens is 348 g/mol. The summed E-state index contributed by atoms with van der Waals surface area (Å²) in [6, 6.07) is 9.00. The molecule has 0 radical (unpaired) electrons. The molecule has 2 saturated heterocycles. The Morgan fingerprint density at radius 1 is 0.857 bits per heavy atom. The first-order chi connectivity index (χ1) is 13.7. The maximum absolute atomic E-state index is 4.36. The second kappa shape index (κ2) is 11.4. The molecule has 0 aromatic heterocycles. The third kappa shape index (κ3) is 7.08. The Kier molecular flexibility index (Phi) is 8.58. The van der Waals surface area contributed by atoms with Gasteiger partial charge in [-0.25, -0.2) is 0 Å². The molecule has 6 heteroatoms. The Labute approximate surface area is 171 Å². The van der Waals surface area contributed by atoms with Gasteiger partial charge in [-0.1, -0.05) is 24.3 Å². The molecule has 2 heterocycles. The van der Waals surface area contributed by atoms with Crippen LogP contribution in [0.25, 0.3) is 0 Å². The van der Waals surface area contributed by atoms with Crippen LogP contribution in [-0.2, 0) is 13.1 Å². The highest BCUT2D eigenvalue weighted by Crippen LogP contribution is 2.13. The number of aliphatic imine (C=N–C) groups is 1. The van der Waals surface area contributed by atoms with Gasteiger partial charge in [0.25, 0.3) is 0 Å². The molecule has 1 aromatic carbocycles. The molecule has 2 aliphatic heterocycles. The molecule has 0 aliphatic carbocycles. The lowest BCUT2D eigenvalue weighted by molar-refractivity contribution is 0.280. The van der Waals surface area contributed by atoms with E-state index in [0.717, 1.165) is 38.7 Å². The molecule has 0 spiro atoms. The molecule has 0 saturated carbocycles. The van der Waals surface area contributed by atoms with E-state index in [9.17, 15) is 0 Å². The average molecular weight is 387 g/mol. The van der Waals surface area contributed by atoms with Crippen molar-refractivity contribution in [1.29, 1.82) is 0 Å². The SMILES string of the molecule is CN=C(NCCN1CCCN(C)CC1)NCc1ccc(CN2CCCC2)cc1. The number of nitrogens with one attached hydrogen (secondary N) is 2. The van der Waals surface area contributed by atoms with E-state index in [0.29, 0.717) is 0 Å². The van der Waals surface area contributed by atoms with Crippen LogP contribution in [0.15, 0.2) is 29.3 Å². The molecule has 2 N–H and O–H groups in total. The first-order valence-electron chi connectivity index (χ1n) is 10.9. The Morgan fingerprint density at radius 3 is 2.32 bits per heavy atom. The summed E-state index contributed by atoms with van der Waals surface area (Å²) in [7, 11) is 4.06. The smallest absolute Gasteiger partial charge is 0.191 e. The molecule has 2 fully saturated rings. The van der Waals surface area contributed by atoms with Gasteiger partial charge in [-0.2, -0.15) is 0 Å². The van der Waals surface area contributed by atoms with Gasteiger partial charge in [-0.3, -0.25) is 9.89 Å². The summed E-state index contributed by atoms with van der Waals surface area (Å²) in [6.07, 6.45) is 3.96. The van der Waals surface area contributed by atoms with Crippen molar-refractivity contribution in [1.82, 2.24) is 25.3 Å². The Balaban J connectivity index is 1.35. The zero-order valence-electron chi connectivity index (χ0n) is 17.8. The normalized spacial score (nSPS) is 20.3. The molecule has 0 atom stereocenters. The summed E-state index contributed by atoms with van der Waals surface area (Å²) in [5, 5.41) is 6.89. The third-order valence-electron chi connectivity index (χ3n) is 5.84. The van der Waals surface area contributed by atoms with Gasteiger partial charge in [0.15, 0.2) is 5.96 Å². The summed E-state index contributed by atoms with van der Waals surface area (Å²) in [5.41, 5.74) is 2.71. The fourth-order valence-electron chi connectivity index (χ4n) is 4.02. The topological polar surface area (TPSA) is 46.1 Å². The van der Waals surface area contributed by atoms with Gasteiger partial charge >= 0.3 is 0 Å². The zero-order chi connectivity index (χ0) is 19.6. The molecule has 2 aliphatic rings. The lowest BCUT2D eigenvalue weighted by Gasteiger charge is -2.21. The van der Waals surface area contributed by atoms with Crippen LogP contribution < -0.4 is 10.6 Å². The van der Waals surface area contributed by atoms with Crippen molar-refractivity contribution < 1.29 is 0 Å². The van der Waals surface area contributed by atoms with Gasteiger partial charge in [0.05, 0.1) is 0 Å². The van der Waals surface area contributed by atoms with Gasteiger partial charge in [0.1, 0.15) is 0 Å². The quantitative estimate of drug-likeness (QED) is 0.550. The van der Waals surface area contributed by atoms with Gasteiger partial charge in [0.2, 0.25) is 0 Å². The molecule has 0 bridgehead atoms. The molecule has 0 amide bonds. The van der Waals surface area contributed by atoms with E-state index in [1.54, 1.807) is 0 Å². The molecule has 28 heavy (non-hydrogen) atoms. The van der Waals surface area contributed by atoms with Crippen molar-refractivity contribution >= 4 is 5.96 Å². The monoisotopic (exact) mass is 386 g/mol. The van der Waals surface area contributed by atoms with Crippen molar-refractivity contribution in [3.63, 3.8) is 0 Å². The molecule has 3 rings (SSSR count). The highest BCUT2D eigenvalue weighted by atomic mass is 15.2.